The van der Waals surface area contributed by atoms with Crippen LogP contribution in [-0.4, -0.2) is 28.2 Å². The van der Waals surface area contributed by atoms with E-state index in [4.69, 9.17) is 16.0 Å². The Hall–Kier alpha value is -1.39. The van der Waals surface area contributed by atoms with Crippen molar-refractivity contribution in [1.29, 1.82) is 0 Å². The Morgan fingerprint density at radius 2 is 2.00 bits per heavy atom. The van der Waals surface area contributed by atoms with Crippen LogP contribution in [-0.2, 0) is 6.54 Å². The predicted octanol–water partition coefficient (Wildman–Crippen LogP) is 3.23. The van der Waals surface area contributed by atoms with Crippen LogP contribution in [0.4, 0.5) is 0 Å². The van der Waals surface area contributed by atoms with Crippen molar-refractivity contribution in [2.45, 2.75) is 20.4 Å². The number of aromatic nitrogens is 2. The van der Waals surface area contributed by atoms with E-state index < -0.39 is 0 Å². The molecule has 0 aliphatic rings. The highest BCUT2D eigenvalue weighted by Crippen LogP contribution is 2.21. The number of halogens is 1. The first-order chi connectivity index (χ1) is 8.72. The normalized spacial score (nSPS) is 11.1. The molecule has 96 valence electrons. The standard InChI is InChI=1S/C13H16ClN3O/c1-3-17(4-2)9-12-15-16-13(18-12)10-6-5-7-11(14)8-10/h5-8H,3-4,9H2,1-2H3. The summed E-state index contributed by atoms with van der Waals surface area (Å²) in [6, 6.07) is 7.40. The van der Waals surface area contributed by atoms with Crippen molar-refractivity contribution in [1.82, 2.24) is 15.1 Å². The van der Waals surface area contributed by atoms with E-state index in [0.717, 1.165) is 18.7 Å². The minimum atomic E-state index is 0.514. The van der Waals surface area contributed by atoms with Gasteiger partial charge < -0.3 is 4.42 Å². The maximum atomic E-state index is 5.93. The molecule has 0 amide bonds. The van der Waals surface area contributed by atoms with E-state index in [1.54, 1.807) is 0 Å². The largest absolute Gasteiger partial charge is 0.419 e. The van der Waals surface area contributed by atoms with Crippen molar-refractivity contribution in [3.63, 3.8) is 0 Å². The van der Waals surface area contributed by atoms with E-state index in [1.807, 2.05) is 24.3 Å². The van der Waals surface area contributed by atoms with Gasteiger partial charge in [-0.25, -0.2) is 0 Å². The molecular formula is C13H16ClN3O. The van der Waals surface area contributed by atoms with Crippen LogP contribution < -0.4 is 0 Å². The maximum Gasteiger partial charge on any atom is 0.247 e. The smallest absolute Gasteiger partial charge is 0.247 e. The number of benzene rings is 1. The van der Waals surface area contributed by atoms with Crippen LogP contribution >= 0.6 is 11.6 Å². The fraction of sp³-hybridized carbons (Fsp3) is 0.385. The van der Waals surface area contributed by atoms with Gasteiger partial charge in [-0.15, -0.1) is 10.2 Å². The molecule has 0 saturated carbocycles. The van der Waals surface area contributed by atoms with Gasteiger partial charge in [0, 0.05) is 10.6 Å². The van der Waals surface area contributed by atoms with Crippen LogP contribution in [0.3, 0.4) is 0 Å². The monoisotopic (exact) mass is 265 g/mol. The minimum absolute atomic E-state index is 0.514. The summed E-state index contributed by atoms with van der Waals surface area (Å²) in [5, 5.41) is 8.77. The molecule has 0 bridgehead atoms. The van der Waals surface area contributed by atoms with E-state index in [9.17, 15) is 0 Å². The molecular weight excluding hydrogens is 250 g/mol. The molecule has 2 rings (SSSR count). The van der Waals surface area contributed by atoms with Crippen LogP contribution in [0.2, 0.25) is 5.02 Å². The van der Waals surface area contributed by atoms with Crippen molar-refractivity contribution in [3.05, 3.63) is 35.2 Å². The molecule has 5 heteroatoms. The first-order valence-corrected chi connectivity index (χ1v) is 6.41. The summed E-state index contributed by atoms with van der Waals surface area (Å²) in [6.45, 7) is 6.83. The number of hydrogen-bond acceptors (Lipinski definition) is 4. The van der Waals surface area contributed by atoms with Crippen LogP contribution in [0.5, 0.6) is 0 Å². The van der Waals surface area contributed by atoms with Crippen LogP contribution in [0.25, 0.3) is 11.5 Å². The highest BCUT2D eigenvalue weighted by Gasteiger charge is 2.11. The van der Waals surface area contributed by atoms with E-state index in [1.165, 1.54) is 0 Å². The van der Waals surface area contributed by atoms with Gasteiger partial charge in [0.1, 0.15) is 0 Å². The highest BCUT2D eigenvalue weighted by molar-refractivity contribution is 6.30. The molecule has 4 nitrogen and oxygen atoms in total. The maximum absolute atomic E-state index is 5.93. The van der Waals surface area contributed by atoms with Gasteiger partial charge in [0.2, 0.25) is 11.8 Å². The molecule has 0 fully saturated rings. The molecule has 18 heavy (non-hydrogen) atoms. The van der Waals surface area contributed by atoms with E-state index in [-0.39, 0.29) is 0 Å². The summed E-state index contributed by atoms with van der Waals surface area (Å²) in [5.41, 5.74) is 0.848. The zero-order valence-corrected chi connectivity index (χ0v) is 11.3. The summed E-state index contributed by atoms with van der Waals surface area (Å²) in [5.74, 6) is 1.15. The van der Waals surface area contributed by atoms with Crippen molar-refractivity contribution in [3.8, 4) is 11.5 Å². The molecule has 0 unspecified atom stereocenters. The first kappa shape index (κ1) is 13.1. The van der Waals surface area contributed by atoms with E-state index >= 15 is 0 Å². The lowest BCUT2D eigenvalue weighted by atomic mass is 10.2. The molecule has 0 aliphatic heterocycles. The van der Waals surface area contributed by atoms with Gasteiger partial charge in [0.25, 0.3) is 0 Å². The van der Waals surface area contributed by atoms with Crippen LogP contribution in [0, 0.1) is 0 Å². The second-order valence-corrected chi connectivity index (χ2v) is 4.41. The van der Waals surface area contributed by atoms with E-state index in [2.05, 4.69) is 28.9 Å². The Morgan fingerprint density at radius 3 is 2.67 bits per heavy atom. The minimum Gasteiger partial charge on any atom is -0.419 e. The Morgan fingerprint density at radius 1 is 1.22 bits per heavy atom. The van der Waals surface area contributed by atoms with Crippen molar-refractivity contribution in [2.24, 2.45) is 0 Å². The molecule has 1 aromatic carbocycles. The molecule has 1 heterocycles. The Balaban J connectivity index is 2.15. The zero-order valence-electron chi connectivity index (χ0n) is 10.6. The molecule has 0 radical (unpaired) electrons. The third-order valence-electron chi connectivity index (χ3n) is 2.79. The summed E-state index contributed by atoms with van der Waals surface area (Å²) < 4.78 is 5.64. The van der Waals surface area contributed by atoms with Crippen molar-refractivity contribution < 1.29 is 4.42 Å². The quantitative estimate of drug-likeness (QED) is 0.832. The molecule has 0 N–H and O–H groups in total. The van der Waals surface area contributed by atoms with Crippen molar-refractivity contribution >= 4 is 11.6 Å². The molecule has 0 atom stereocenters. The van der Waals surface area contributed by atoms with Gasteiger partial charge in [0.05, 0.1) is 6.54 Å². The summed E-state index contributed by atoms with van der Waals surface area (Å²) in [7, 11) is 0. The lowest BCUT2D eigenvalue weighted by Gasteiger charge is -2.14. The molecule has 2 aromatic rings. The lowest BCUT2D eigenvalue weighted by Crippen LogP contribution is -2.22. The molecule has 1 aromatic heterocycles. The topological polar surface area (TPSA) is 42.2 Å². The Kier molecular flexibility index (Phi) is 4.33. The van der Waals surface area contributed by atoms with Gasteiger partial charge in [0.15, 0.2) is 0 Å². The fourth-order valence-corrected chi connectivity index (χ4v) is 1.88. The number of rotatable bonds is 5. The molecule has 0 aliphatic carbocycles. The Bertz CT molecular complexity index is 508. The van der Waals surface area contributed by atoms with Crippen molar-refractivity contribution in [2.75, 3.05) is 13.1 Å². The fourth-order valence-electron chi connectivity index (χ4n) is 1.69. The number of nitrogens with zero attached hydrogens (tertiary/aromatic N) is 3. The third-order valence-corrected chi connectivity index (χ3v) is 3.03. The third kappa shape index (κ3) is 3.09. The average molecular weight is 266 g/mol. The highest BCUT2D eigenvalue weighted by atomic mass is 35.5. The lowest BCUT2D eigenvalue weighted by molar-refractivity contribution is 0.264. The summed E-state index contributed by atoms with van der Waals surface area (Å²) >= 11 is 5.93. The second kappa shape index (κ2) is 5.98. The van der Waals surface area contributed by atoms with Gasteiger partial charge >= 0.3 is 0 Å². The average Bonchev–Trinajstić information content (AvgIpc) is 2.84. The SMILES string of the molecule is CCN(CC)Cc1nnc(-c2cccc(Cl)c2)o1. The van der Waals surface area contributed by atoms with Gasteiger partial charge in [-0.05, 0) is 31.3 Å². The Labute approximate surface area is 112 Å². The summed E-state index contributed by atoms with van der Waals surface area (Å²) in [4.78, 5) is 2.22. The van der Waals surface area contributed by atoms with Gasteiger partial charge in [-0.3, -0.25) is 4.90 Å². The van der Waals surface area contributed by atoms with Crippen LogP contribution in [0.1, 0.15) is 19.7 Å². The predicted molar refractivity (Wildman–Crippen MR) is 71.4 cm³/mol. The van der Waals surface area contributed by atoms with Crippen LogP contribution in [0.15, 0.2) is 28.7 Å². The molecule has 0 saturated heterocycles. The van der Waals surface area contributed by atoms with E-state index in [0.29, 0.717) is 23.3 Å². The second-order valence-electron chi connectivity index (χ2n) is 3.97. The van der Waals surface area contributed by atoms with Gasteiger partial charge in [-0.1, -0.05) is 31.5 Å². The first-order valence-electron chi connectivity index (χ1n) is 6.03. The summed E-state index contributed by atoms with van der Waals surface area (Å²) in [6.07, 6.45) is 0. The molecule has 0 spiro atoms. The van der Waals surface area contributed by atoms with Gasteiger partial charge in [-0.2, -0.15) is 0 Å². The zero-order chi connectivity index (χ0) is 13.0. The number of hydrogen-bond donors (Lipinski definition) is 0.